The molecule has 1 aliphatic heterocycles. The minimum Gasteiger partial charge on any atom is -0.399 e. The number of halogens is 1. The average Bonchev–Trinajstić information content (AvgIpc) is 2.71. The Kier molecular flexibility index (Phi) is 2.59. The van der Waals surface area contributed by atoms with Gasteiger partial charge in [-0.15, -0.1) is 0 Å². The summed E-state index contributed by atoms with van der Waals surface area (Å²) >= 11 is 3.50. The van der Waals surface area contributed by atoms with E-state index in [1.807, 2.05) is 36.4 Å². The first kappa shape index (κ1) is 11.3. The number of rotatable bonds is 1. The third-order valence-electron chi connectivity index (χ3n) is 3.03. The number of nitrogens with one attached hydrogen (secondary N) is 1. The molecule has 2 aromatic rings. The van der Waals surface area contributed by atoms with E-state index in [4.69, 9.17) is 5.73 Å². The number of nitrogen functional groups attached to an aromatic ring is 1. The summed E-state index contributed by atoms with van der Waals surface area (Å²) in [5.74, 6) is 0.0418. The highest BCUT2D eigenvalue weighted by Gasteiger charge is 2.20. The smallest absolute Gasteiger partial charge is 0.228 e. The summed E-state index contributed by atoms with van der Waals surface area (Å²) in [6.45, 7) is 0. The van der Waals surface area contributed by atoms with Crippen LogP contribution in [0.4, 0.5) is 11.4 Å². The quantitative estimate of drug-likeness (QED) is 0.795. The Hall–Kier alpha value is -1.81. The first-order valence-corrected chi connectivity index (χ1v) is 6.41. The van der Waals surface area contributed by atoms with Gasteiger partial charge >= 0.3 is 0 Å². The number of amides is 1. The molecule has 0 aromatic heterocycles. The van der Waals surface area contributed by atoms with Gasteiger partial charge in [-0.05, 0) is 56.9 Å². The molecule has 1 aliphatic rings. The van der Waals surface area contributed by atoms with Crippen molar-refractivity contribution in [3.8, 4) is 11.1 Å². The van der Waals surface area contributed by atoms with Gasteiger partial charge < -0.3 is 11.1 Å². The Bertz CT molecular complexity index is 635. The lowest BCUT2D eigenvalue weighted by Crippen LogP contribution is -2.03. The maximum absolute atomic E-state index is 11.4. The van der Waals surface area contributed by atoms with Gasteiger partial charge in [0, 0.05) is 10.2 Å². The second-order valence-electron chi connectivity index (χ2n) is 4.34. The molecule has 0 fully saturated rings. The molecule has 1 amide bonds. The van der Waals surface area contributed by atoms with Crippen LogP contribution in [0.5, 0.6) is 0 Å². The number of carbonyl (C=O) groups is 1. The van der Waals surface area contributed by atoms with Gasteiger partial charge in [-0.2, -0.15) is 0 Å². The van der Waals surface area contributed by atoms with Crippen LogP contribution in [0.3, 0.4) is 0 Å². The molecule has 0 unspecified atom stereocenters. The SMILES string of the molecule is Nc1ccc(-c2cc(Br)c3c(c2)CC(=O)N3)cc1. The number of hydrogen-bond donors (Lipinski definition) is 2. The van der Waals surface area contributed by atoms with E-state index in [0.29, 0.717) is 6.42 Å². The predicted molar refractivity (Wildman–Crippen MR) is 76.3 cm³/mol. The maximum atomic E-state index is 11.4. The van der Waals surface area contributed by atoms with Crippen molar-refractivity contribution in [2.75, 3.05) is 11.1 Å². The lowest BCUT2D eigenvalue weighted by Gasteiger charge is -2.07. The monoisotopic (exact) mass is 302 g/mol. The predicted octanol–water partition coefficient (Wildman–Crippen LogP) is 3.19. The number of nitrogens with two attached hydrogens (primary N) is 1. The fourth-order valence-corrected chi connectivity index (χ4v) is 2.74. The molecular weight excluding hydrogens is 292 g/mol. The summed E-state index contributed by atoms with van der Waals surface area (Å²) in [6.07, 6.45) is 0.441. The van der Waals surface area contributed by atoms with Gasteiger partial charge in [0.05, 0.1) is 12.1 Å². The molecule has 3 rings (SSSR count). The van der Waals surface area contributed by atoms with Crippen molar-refractivity contribution in [3.63, 3.8) is 0 Å². The highest BCUT2D eigenvalue weighted by Crippen LogP contribution is 2.36. The van der Waals surface area contributed by atoms with Crippen molar-refractivity contribution in [2.24, 2.45) is 0 Å². The van der Waals surface area contributed by atoms with Gasteiger partial charge in [-0.25, -0.2) is 0 Å². The summed E-state index contributed by atoms with van der Waals surface area (Å²) in [6, 6.07) is 11.8. The van der Waals surface area contributed by atoms with E-state index < -0.39 is 0 Å². The van der Waals surface area contributed by atoms with Gasteiger partial charge in [0.1, 0.15) is 0 Å². The Balaban J connectivity index is 2.10. The molecule has 3 N–H and O–H groups in total. The molecule has 0 spiro atoms. The molecule has 0 bridgehead atoms. The van der Waals surface area contributed by atoms with Crippen molar-refractivity contribution in [1.29, 1.82) is 0 Å². The van der Waals surface area contributed by atoms with Crippen LogP contribution in [0.1, 0.15) is 5.56 Å². The molecule has 0 saturated heterocycles. The van der Waals surface area contributed by atoms with E-state index in [1.54, 1.807) is 0 Å². The van der Waals surface area contributed by atoms with E-state index in [-0.39, 0.29) is 5.91 Å². The number of carbonyl (C=O) groups excluding carboxylic acids is 1. The normalized spacial score (nSPS) is 13.3. The van der Waals surface area contributed by atoms with E-state index in [0.717, 1.165) is 32.5 Å². The van der Waals surface area contributed by atoms with Crippen LogP contribution in [0.25, 0.3) is 11.1 Å². The molecule has 4 heteroatoms. The van der Waals surface area contributed by atoms with Gasteiger partial charge in [-0.1, -0.05) is 12.1 Å². The summed E-state index contributed by atoms with van der Waals surface area (Å²) in [4.78, 5) is 11.4. The van der Waals surface area contributed by atoms with Crippen LogP contribution in [0.2, 0.25) is 0 Å². The number of hydrogen-bond acceptors (Lipinski definition) is 2. The summed E-state index contributed by atoms with van der Waals surface area (Å²) in [5.41, 5.74) is 10.5. The van der Waals surface area contributed by atoms with Crippen molar-refractivity contribution in [2.45, 2.75) is 6.42 Å². The molecule has 90 valence electrons. The molecule has 0 atom stereocenters. The first-order valence-electron chi connectivity index (χ1n) is 5.61. The second kappa shape index (κ2) is 4.14. The van der Waals surface area contributed by atoms with E-state index in [2.05, 4.69) is 21.2 Å². The van der Waals surface area contributed by atoms with Crippen molar-refractivity contribution < 1.29 is 4.79 Å². The first-order chi connectivity index (χ1) is 8.63. The van der Waals surface area contributed by atoms with E-state index in [9.17, 15) is 4.79 Å². The lowest BCUT2D eigenvalue weighted by molar-refractivity contribution is -0.115. The van der Waals surface area contributed by atoms with Crippen molar-refractivity contribution >= 4 is 33.2 Å². The maximum Gasteiger partial charge on any atom is 0.228 e. The molecule has 0 radical (unpaired) electrons. The van der Waals surface area contributed by atoms with Gasteiger partial charge in [-0.3, -0.25) is 4.79 Å². The molecular formula is C14H11BrN2O. The van der Waals surface area contributed by atoms with E-state index >= 15 is 0 Å². The number of anilines is 2. The molecule has 0 aliphatic carbocycles. The highest BCUT2D eigenvalue weighted by atomic mass is 79.9. The highest BCUT2D eigenvalue weighted by molar-refractivity contribution is 9.10. The van der Waals surface area contributed by atoms with Crippen LogP contribution in [-0.4, -0.2) is 5.91 Å². The second-order valence-corrected chi connectivity index (χ2v) is 5.19. The minimum absolute atomic E-state index is 0.0418. The summed E-state index contributed by atoms with van der Waals surface area (Å²) < 4.78 is 0.915. The molecule has 18 heavy (non-hydrogen) atoms. The Morgan fingerprint density at radius 1 is 1.11 bits per heavy atom. The fraction of sp³-hybridized carbons (Fsp3) is 0.0714. The molecule has 0 saturated carbocycles. The van der Waals surface area contributed by atoms with Crippen molar-refractivity contribution in [1.82, 2.24) is 0 Å². The minimum atomic E-state index is 0.0418. The number of benzene rings is 2. The largest absolute Gasteiger partial charge is 0.399 e. The van der Waals surface area contributed by atoms with Crippen LogP contribution in [0, 0.1) is 0 Å². The summed E-state index contributed by atoms with van der Waals surface area (Å²) in [5, 5.41) is 2.85. The standard InChI is InChI=1S/C14H11BrN2O/c15-12-6-9(8-1-3-11(16)4-2-8)5-10-7-13(18)17-14(10)12/h1-6H,7,16H2,(H,17,18). The van der Waals surface area contributed by atoms with Crippen LogP contribution in [-0.2, 0) is 11.2 Å². The topological polar surface area (TPSA) is 55.1 Å². The zero-order valence-corrected chi connectivity index (χ0v) is 11.1. The van der Waals surface area contributed by atoms with E-state index in [1.165, 1.54) is 0 Å². The van der Waals surface area contributed by atoms with Crippen molar-refractivity contribution in [3.05, 3.63) is 46.4 Å². The molecule has 3 nitrogen and oxygen atoms in total. The Morgan fingerprint density at radius 2 is 1.83 bits per heavy atom. The van der Waals surface area contributed by atoms with Gasteiger partial charge in [0.15, 0.2) is 0 Å². The Labute approximate surface area is 113 Å². The zero-order valence-electron chi connectivity index (χ0n) is 9.53. The molecule has 2 aromatic carbocycles. The number of fused-ring (bicyclic) bond motifs is 1. The van der Waals surface area contributed by atoms with Crippen LogP contribution >= 0.6 is 15.9 Å². The lowest BCUT2D eigenvalue weighted by atomic mass is 10.0. The third kappa shape index (κ3) is 1.88. The van der Waals surface area contributed by atoms with Gasteiger partial charge in [0.25, 0.3) is 0 Å². The Morgan fingerprint density at radius 3 is 2.56 bits per heavy atom. The molecule has 1 heterocycles. The van der Waals surface area contributed by atoms with Crippen LogP contribution < -0.4 is 11.1 Å². The van der Waals surface area contributed by atoms with Gasteiger partial charge in [0.2, 0.25) is 5.91 Å². The van der Waals surface area contributed by atoms with Crippen LogP contribution in [0.15, 0.2) is 40.9 Å². The zero-order chi connectivity index (χ0) is 12.7. The average molecular weight is 303 g/mol. The summed E-state index contributed by atoms with van der Waals surface area (Å²) in [7, 11) is 0. The third-order valence-corrected chi connectivity index (χ3v) is 3.66. The fourth-order valence-electron chi connectivity index (χ4n) is 2.14.